The van der Waals surface area contributed by atoms with Crippen LogP contribution in [-0.4, -0.2) is 23.5 Å². The van der Waals surface area contributed by atoms with Gasteiger partial charge in [-0.3, -0.25) is 4.79 Å². The third-order valence-electron chi connectivity index (χ3n) is 2.53. The summed E-state index contributed by atoms with van der Waals surface area (Å²) >= 11 is 2.62. The SMILES string of the molecule is CCOC(=O)c1cc(C)sc1NC(=O)c1scnc1C. The van der Waals surface area contributed by atoms with Crippen molar-refractivity contribution >= 4 is 39.6 Å². The van der Waals surface area contributed by atoms with Crippen LogP contribution in [0.25, 0.3) is 0 Å². The normalized spacial score (nSPS) is 10.3. The molecule has 0 aliphatic rings. The van der Waals surface area contributed by atoms with Crippen LogP contribution in [-0.2, 0) is 4.74 Å². The van der Waals surface area contributed by atoms with Crippen LogP contribution in [0.4, 0.5) is 5.00 Å². The van der Waals surface area contributed by atoms with E-state index in [1.165, 1.54) is 22.7 Å². The molecule has 0 spiro atoms. The fourth-order valence-electron chi connectivity index (χ4n) is 1.65. The predicted molar refractivity (Wildman–Crippen MR) is 79.8 cm³/mol. The Morgan fingerprint density at radius 2 is 2.15 bits per heavy atom. The Bertz CT molecular complexity index is 646. The molecular formula is C13H14N2O3S2. The molecule has 0 saturated carbocycles. The van der Waals surface area contributed by atoms with Gasteiger partial charge in [0.15, 0.2) is 0 Å². The maximum absolute atomic E-state index is 12.2. The number of ether oxygens (including phenoxy) is 1. The third kappa shape index (κ3) is 3.05. The number of thiazole rings is 1. The first-order chi connectivity index (χ1) is 9.52. The summed E-state index contributed by atoms with van der Waals surface area (Å²) in [7, 11) is 0. The molecule has 1 amide bonds. The zero-order valence-electron chi connectivity index (χ0n) is 11.4. The van der Waals surface area contributed by atoms with Crippen molar-refractivity contribution in [3.8, 4) is 0 Å². The number of thiophene rings is 1. The van der Waals surface area contributed by atoms with Crippen molar-refractivity contribution in [1.29, 1.82) is 0 Å². The highest BCUT2D eigenvalue weighted by Crippen LogP contribution is 2.29. The number of aromatic nitrogens is 1. The number of amides is 1. The molecule has 20 heavy (non-hydrogen) atoms. The second kappa shape index (κ2) is 6.15. The zero-order valence-corrected chi connectivity index (χ0v) is 13.0. The van der Waals surface area contributed by atoms with Gasteiger partial charge in [-0.05, 0) is 26.8 Å². The number of nitrogens with zero attached hydrogens (tertiary/aromatic N) is 1. The molecule has 0 atom stereocenters. The first-order valence-corrected chi connectivity index (χ1v) is 7.71. The van der Waals surface area contributed by atoms with E-state index in [0.29, 0.717) is 27.7 Å². The molecule has 0 unspecified atom stereocenters. The summed E-state index contributed by atoms with van der Waals surface area (Å²) in [6, 6.07) is 1.72. The van der Waals surface area contributed by atoms with Gasteiger partial charge in [-0.25, -0.2) is 9.78 Å². The van der Waals surface area contributed by atoms with Gasteiger partial charge in [-0.15, -0.1) is 22.7 Å². The minimum Gasteiger partial charge on any atom is -0.462 e. The van der Waals surface area contributed by atoms with E-state index in [4.69, 9.17) is 4.74 Å². The Morgan fingerprint density at radius 1 is 1.40 bits per heavy atom. The van der Waals surface area contributed by atoms with Crippen molar-refractivity contribution < 1.29 is 14.3 Å². The van der Waals surface area contributed by atoms with E-state index >= 15 is 0 Å². The largest absolute Gasteiger partial charge is 0.462 e. The summed E-state index contributed by atoms with van der Waals surface area (Å²) in [5.74, 6) is -0.675. The van der Waals surface area contributed by atoms with E-state index in [1.807, 2.05) is 6.92 Å². The Hall–Kier alpha value is -1.73. The van der Waals surface area contributed by atoms with E-state index in [2.05, 4.69) is 10.3 Å². The first-order valence-electron chi connectivity index (χ1n) is 6.02. The van der Waals surface area contributed by atoms with Gasteiger partial charge in [0.1, 0.15) is 9.88 Å². The van der Waals surface area contributed by atoms with E-state index in [-0.39, 0.29) is 5.91 Å². The number of hydrogen-bond donors (Lipinski definition) is 1. The van der Waals surface area contributed by atoms with Crippen LogP contribution in [0.2, 0.25) is 0 Å². The van der Waals surface area contributed by atoms with Gasteiger partial charge in [0.2, 0.25) is 0 Å². The molecule has 1 N–H and O–H groups in total. The summed E-state index contributed by atoms with van der Waals surface area (Å²) in [5, 5.41) is 3.28. The topological polar surface area (TPSA) is 68.3 Å². The molecule has 5 nitrogen and oxygen atoms in total. The first kappa shape index (κ1) is 14.7. The fourth-order valence-corrected chi connectivity index (χ4v) is 3.24. The van der Waals surface area contributed by atoms with Crippen LogP contribution < -0.4 is 5.32 Å². The molecule has 0 aliphatic carbocycles. The van der Waals surface area contributed by atoms with Crippen LogP contribution in [0, 0.1) is 13.8 Å². The number of aryl methyl sites for hydroxylation is 2. The van der Waals surface area contributed by atoms with Crippen molar-refractivity contribution in [2.24, 2.45) is 0 Å². The van der Waals surface area contributed by atoms with Gasteiger partial charge in [-0.2, -0.15) is 0 Å². The number of rotatable bonds is 4. The molecule has 106 valence electrons. The molecule has 0 fully saturated rings. The molecule has 2 aromatic heterocycles. The Balaban J connectivity index is 2.23. The van der Waals surface area contributed by atoms with Crippen molar-refractivity contribution in [2.75, 3.05) is 11.9 Å². The van der Waals surface area contributed by atoms with Crippen LogP contribution in [0.5, 0.6) is 0 Å². The van der Waals surface area contributed by atoms with Crippen LogP contribution in [0.3, 0.4) is 0 Å². The number of nitrogens with one attached hydrogen (secondary N) is 1. The maximum Gasteiger partial charge on any atom is 0.341 e. The standard InChI is InChI=1S/C13H14N2O3S2/c1-4-18-13(17)9-5-7(2)20-12(9)15-11(16)10-8(3)14-6-19-10/h5-6H,4H2,1-3H3,(H,15,16). The summed E-state index contributed by atoms with van der Waals surface area (Å²) in [5.41, 5.74) is 2.69. The number of esters is 1. The number of carbonyl (C=O) groups is 2. The van der Waals surface area contributed by atoms with Gasteiger partial charge < -0.3 is 10.1 Å². The fraction of sp³-hybridized carbons (Fsp3) is 0.308. The molecular weight excluding hydrogens is 296 g/mol. The van der Waals surface area contributed by atoms with E-state index in [1.54, 1.807) is 25.4 Å². The molecule has 2 heterocycles. The summed E-state index contributed by atoms with van der Waals surface area (Å²) in [6.45, 7) is 5.70. The molecule has 7 heteroatoms. The summed E-state index contributed by atoms with van der Waals surface area (Å²) in [6.07, 6.45) is 0. The highest BCUT2D eigenvalue weighted by molar-refractivity contribution is 7.17. The van der Waals surface area contributed by atoms with Crippen LogP contribution in [0.15, 0.2) is 11.6 Å². The lowest BCUT2D eigenvalue weighted by Gasteiger charge is -2.05. The van der Waals surface area contributed by atoms with Gasteiger partial charge in [0.05, 0.1) is 23.4 Å². The Morgan fingerprint density at radius 3 is 2.75 bits per heavy atom. The molecule has 2 aromatic rings. The van der Waals surface area contributed by atoms with Gasteiger partial charge in [0.25, 0.3) is 5.91 Å². The number of carbonyl (C=O) groups excluding carboxylic acids is 2. The minimum absolute atomic E-state index is 0.252. The molecule has 0 aromatic carbocycles. The molecule has 2 rings (SSSR count). The highest BCUT2D eigenvalue weighted by Gasteiger charge is 2.20. The smallest absolute Gasteiger partial charge is 0.341 e. The lowest BCUT2D eigenvalue weighted by molar-refractivity contribution is 0.0528. The quantitative estimate of drug-likeness (QED) is 0.880. The number of anilines is 1. The maximum atomic E-state index is 12.2. The third-order valence-corrected chi connectivity index (χ3v) is 4.42. The molecule has 0 bridgehead atoms. The van der Waals surface area contributed by atoms with Gasteiger partial charge in [0, 0.05) is 4.88 Å². The monoisotopic (exact) mass is 310 g/mol. The van der Waals surface area contributed by atoms with Crippen molar-refractivity contribution in [3.05, 3.63) is 32.6 Å². The van der Waals surface area contributed by atoms with Crippen molar-refractivity contribution in [1.82, 2.24) is 4.98 Å². The van der Waals surface area contributed by atoms with Gasteiger partial charge >= 0.3 is 5.97 Å². The highest BCUT2D eigenvalue weighted by atomic mass is 32.1. The minimum atomic E-state index is -0.423. The Labute approximate surface area is 124 Å². The Kier molecular flexibility index (Phi) is 4.51. The van der Waals surface area contributed by atoms with Crippen LogP contribution in [0.1, 0.15) is 37.5 Å². The summed E-state index contributed by atoms with van der Waals surface area (Å²) in [4.78, 5) is 29.5. The number of hydrogen-bond acceptors (Lipinski definition) is 6. The van der Waals surface area contributed by atoms with E-state index < -0.39 is 5.97 Å². The average Bonchev–Trinajstić information content (AvgIpc) is 2.96. The second-order valence-corrected chi connectivity index (χ2v) is 6.15. The van der Waals surface area contributed by atoms with Crippen LogP contribution >= 0.6 is 22.7 Å². The van der Waals surface area contributed by atoms with Crippen molar-refractivity contribution in [3.63, 3.8) is 0 Å². The predicted octanol–water partition coefficient (Wildman–Crippen LogP) is 3.25. The van der Waals surface area contributed by atoms with E-state index in [0.717, 1.165) is 4.88 Å². The van der Waals surface area contributed by atoms with Crippen molar-refractivity contribution in [2.45, 2.75) is 20.8 Å². The zero-order chi connectivity index (χ0) is 14.7. The average molecular weight is 310 g/mol. The summed E-state index contributed by atoms with van der Waals surface area (Å²) < 4.78 is 4.98. The molecule has 0 aliphatic heterocycles. The lowest BCUT2D eigenvalue weighted by Crippen LogP contribution is -2.14. The lowest BCUT2D eigenvalue weighted by atomic mass is 10.3. The van der Waals surface area contributed by atoms with Gasteiger partial charge in [-0.1, -0.05) is 0 Å². The molecule has 0 saturated heterocycles. The molecule has 0 radical (unpaired) electrons. The van der Waals surface area contributed by atoms with E-state index in [9.17, 15) is 9.59 Å². The second-order valence-electron chi connectivity index (χ2n) is 4.04.